The Balaban J connectivity index is 1.21. The van der Waals surface area contributed by atoms with E-state index >= 15 is 0 Å². The predicted octanol–water partition coefficient (Wildman–Crippen LogP) is 5.85. The van der Waals surface area contributed by atoms with Gasteiger partial charge in [-0.15, -0.1) is 34.4 Å². The monoisotopic (exact) mass is 467 g/mol. The van der Waals surface area contributed by atoms with Gasteiger partial charge in [-0.2, -0.15) is 0 Å². The van der Waals surface area contributed by atoms with Crippen molar-refractivity contribution in [2.24, 2.45) is 0 Å². The Morgan fingerprint density at radius 3 is 2.71 bits per heavy atom. The number of nitrogens with zero attached hydrogens (tertiary/aromatic N) is 2. The van der Waals surface area contributed by atoms with E-state index in [9.17, 15) is 4.79 Å². The fourth-order valence-corrected chi connectivity index (χ4v) is 5.25. The first-order valence-electron chi connectivity index (χ1n) is 9.45. The Kier molecular flexibility index (Phi) is 5.63. The topological polar surface area (TPSA) is 73.3 Å². The van der Waals surface area contributed by atoms with E-state index in [1.54, 1.807) is 23.1 Å². The Bertz CT molecular complexity index is 1230. The van der Waals surface area contributed by atoms with Gasteiger partial charge >= 0.3 is 0 Å². The molecule has 0 unspecified atom stereocenters. The molecule has 3 heterocycles. The third-order valence-electron chi connectivity index (χ3n) is 4.56. The third-order valence-corrected chi connectivity index (χ3v) is 7.19. The van der Waals surface area contributed by atoms with E-state index in [4.69, 9.17) is 9.47 Å². The highest BCUT2D eigenvalue weighted by Crippen LogP contribution is 2.36. The lowest BCUT2D eigenvalue weighted by molar-refractivity contribution is 0.102. The first kappa shape index (κ1) is 20.0. The summed E-state index contributed by atoms with van der Waals surface area (Å²) in [6.45, 7) is 2.24. The number of aryl methyl sites for hydroxylation is 1. The minimum absolute atomic E-state index is 0.182. The Labute approximate surface area is 191 Å². The summed E-state index contributed by atoms with van der Waals surface area (Å²) in [5.74, 6) is 2.07. The number of hydrogen-bond acceptors (Lipinski definition) is 8. The molecule has 0 saturated heterocycles. The summed E-state index contributed by atoms with van der Waals surface area (Å²) in [6, 6.07) is 13.3. The summed E-state index contributed by atoms with van der Waals surface area (Å²) in [6.07, 6.45) is 0. The van der Waals surface area contributed by atoms with E-state index in [2.05, 4.69) is 20.7 Å². The summed E-state index contributed by atoms with van der Waals surface area (Å²) >= 11 is 4.75. The summed E-state index contributed by atoms with van der Waals surface area (Å²) in [5, 5.41) is 8.49. The zero-order valence-corrected chi connectivity index (χ0v) is 18.9. The highest BCUT2D eigenvalue weighted by atomic mass is 32.2. The van der Waals surface area contributed by atoms with Gasteiger partial charge in [-0.05, 0) is 49.4 Å². The molecule has 0 atom stereocenters. The lowest BCUT2D eigenvalue weighted by Gasteiger charge is -2.04. The number of fused-ring (bicyclic) bond motifs is 1. The first-order chi connectivity index (χ1) is 15.1. The largest absolute Gasteiger partial charge is 0.454 e. The van der Waals surface area contributed by atoms with Crippen LogP contribution >= 0.6 is 34.4 Å². The maximum absolute atomic E-state index is 12.6. The van der Waals surface area contributed by atoms with Gasteiger partial charge in [0.1, 0.15) is 0 Å². The van der Waals surface area contributed by atoms with Gasteiger partial charge in [0.25, 0.3) is 5.91 Å². The molecule has 0 radical (unpaired) electrons. The van der Waals surface area contributed by atoms with Crippen LogP contribution in [0.5, 0.6) is 11.5 Å². The van der Waals surface area contributed by atoms with E-state index in [0.29, 0.717) is 16.4 Å². The normalized spacial score (nSPS) is 12.2. The van der Waals surface area contributed by atoms with Gasteiger partial charge in [-0.25, -0.2) is 9.97 Å². The number of hydrogen-bond donors (Lipinski definition) is 1. The number of nitrogens with one attached hydrogen (secondary N) is 1. The summed E-state index contributed by atoms with van der Waals surface area (Å²) < 4.78 is 10.8. The van der Waals surface area contributed by atoms with Crippen LogP contribution < -0.4 is 14.8 Å². The number of amides is 1. The predicted molar refractivity (Wildman–Crippen MR) is 124 cm³/mol. The second-order valence-electron chi connectivity index (χ2n) is 6.73. The first-order valence-corrected chi connectivity index (χ1v) is 12.2. The highest BCUT2D eigenvalue weighted by Gasteiger charge is 2.16. The van der Waals surface area contributed by atoms with Gasteiger partial charge in [0.2, 0.25) is 6.79 Å². The Morgan fingerprint density at radius 1 is 1.06 bits per heavy atom. The number of carbonyl (C=O) groups excluding carboxylic acids is 1. The Hall–Kier alpha value is -2.88. The standard InChI is InChI=1S/C22H17N3O3S3/c1-13-23-16(9-29-13)10-30-17-5-2-14(3-6-17)21(26)25-22-24-18(11-31-22)15-4-7-19-20(8-15)28-12-27-19/h2-9,11H,10,12H2,1H3,(H,24,25,26). The van der Waals surface area contributed by atoms with Gasteiger partial charge in [0, 0.05) is 32.5 Å². The molecule has 0 spiro atoms. The zero-order valence-electron chi connectivity index (χ0n) is 16.5. The second kappa shape index (κ2) is 8.70. The molecular formula is C22H17N3O3S3. The lowest BCUT2D eigenvalue weighted by Crippen LogP contribution is -2.11. The molecule has 31 heavy (non-hydrogen) atoms. The fourth-order valence-electron chi connectivity index (χ4n) is 3.02. The van der Waals surface area contributed by atoms with Crippen LogP contribution in [0.15, 0.2) is 58.1 Å². The van der Waals surface area contributed by atoms with Crippen LogP contribution in [0.25, 0.3) is 11.3 Å². The molecule has 0 saturated carbocycles. The number of ether oxygens (including phenoxy) is 2. The highest BCUT2D eigenvalue weighted by molar-refractivity contribution is 7.98. The van der Waals surface area contributed by atoms with Crippen LogP contribution in [-0.2, 0) is 5.75 Å². The maximum Gasteiger partial charge on any atom is 0.257 e. The van der Waals surface area contributed by atoms with Gasteiger partial charge in [-0.1, -0.05) is 0 Å². The van der Waals surface area contributed by atoms with Gasteiger partial charge in [0.15, 0.2) is 16.6 Å². The zero-order chi connectivity index (χ0) is 21.2. The molecule has 0 fully saturated rings. The average Bonchev–Trinajstić information content (AvgIpc) is 3.53. The van der Waals surface area contributed by atoms with Crippen LogP contribution in [0.3, 0.4) is 0 Å². The van der Waals surface area contributed by atoms with Crippen LogP contribution in [0, 0.1) is 6.92 Å². The van der Waals surface area contributed by atoms with E-state index in [-0.39, 0.29) is 12.7 Å². The molecule has 156 valence electrons. The minimum atomic E-state index is -0.182. The molecule has 0 aliphatic carbocycles. The van der Waals surface area contributed by atoms with Crippen LogP contribution in [-0.4, -0.2) is 22.7 Å². The number of rotatable bonds is 6. The van der Waals surface area contributed by atoms with Gasteiger partial charge in [-0.3, -0.25) is 10.1 Å². The van der Waals surface area contributed by atoms with Crippen molar-refractivity contribution in [3.8, 4) is 22.8 Å². The fraction of sp³-hybridized carbons (Fsp3) is 0.136. The Morgan fingerprint density at radius 2 is 1.90 bits per heavy atom. The number of carbonyl (C=O) groups is 1. The molecule has 1 N–H and O–H groups in total. The van der Waals surface area contributed by atoms with Crippen molar-refractivity contribution in [1.82, 2.24) is 9.97 Å². The maximum atomic E-state index is 12.6. The number of anilines is 1. The number of thiazole rings is 2. The molecule has 1 amide bonds. The molecule has 9 heteroatoms. The molecule has 1 aliphatic heterocycles. The number of aromatic nitrogens is 2. The van der Waals surface area contributed by atoms with Crippen LogP contribution in [0.4, 0.5) is 5.13 Å². The number of thioether (sulfide) groups is 1. The van der Waals surface area contributed by atoms with E-state index < -0.39 is 0 Å². The SMILES string of the molecule is Cc1nc(CSc2ccc(C(=O)Nc3nc(-c4ccc5c(c4)OCO5)cs3)cc2)cs1. The van der Waals surface area contributed by atoms with Crippen molar-refractivity contribution in [2.45, 2.75) is 17.6 Å². The van der Waals surface area contributed by atoms with E-state index in [1.165, 1.54) is 11.3 Å². The van der Waals surface area contributed by atoms with Crippen LogP contribution in [0.1, 0.15) is 21.1 Å². The van der Waals surface area contributed by atoms with Crippen molar-refractivity contribution in [3.05, 3.63) is 69.5 Å². The molecular weight excluding hydrogens is 450 g/mol. The molecule has 6 nitrogen and oxygen atoms in total. The van der Waals surface area contributed by atoms with Crippen molar-refractivity contribution in [3.63, 3.8) is 0 Å². The van der Waals surface area contributed by atoms with Crippen molar-refractivity contribution in [1.29, 1.82) is 0 Å². The lowest BCUT2D eigenvalue weighted by atomic mass is 10.1. The summed E-state index contributed by atoms with van der Waals surface area (Å²) in [7, 11) is 0. The van der Waals surface area contributed by atoms with E-state index in [0.717, 1.165) is 38.4 Å². The summed E-state index contributed by atoms with van der Waals surface area (Å²) in [5.41, 5.74) is 3.37. The van der Waals surface area contributed by atoms with Gasteiger partial charge in [0.05, 0.1) is 16.4 Å². The summed E-state index contributed by atoms with van der Waals surface area (Å²) in [4.78, 5) is 22.7. The number of benzene rings is 2. The van der Waals surface area contributed by atoms with E-state index in [1.807, 2.05) is 54.8 Å². The van der Waals surface area contributed by atoms with Crippen molar-refractivity contribution >= 4 is 45.5 Å². The van der Waals surface area contributed by atoms with Gasteiger partial charge < -0.3 is 9.47 Å². The molecule has 4 aromatic rings. The molecule has 2 aromatic carbocycles. The van der Waals surface area contributed by atoms with Crippen molar-refractivity contribution in [2.75, 3.05) is 12.1 Å². The molecule has 2 aromatic heterocycles. The molecule has 5 rings (SSSR count). The smallest absolute Gasteiger partial charge is 0.257 e. The molecule has 0 bridgehead atoms. The van der Waals surface area contributed by atoms with Crippen LogP contribution in [0.2, 0.25) is 0 Å². The minimum Gasteiger partial charge on any atom is -0.454 e. The molecule has 1 aliphatic rings. The quantitative estimate of drug-likeness (QED) is 0.359. The average molecular weight is 468 g/mol. The third kappa shape index (κ3) is 4.58. The second-order valence-corrected chi connectivity index (χ2v) is 9.70. The van der Waals surface area contributed by atoms with Crippen molar-refractivity contribution < 1.29 is 14.3 Å².